The molecule has 13 heavy (non-hydrogen) atoms. The molecule has 0 aromatic heterocycles. The molecular weight excluding hydrogens is 166 g/mol. The number of rotatable bonds is 3. The second-order valence-corrected chi connectivity index (χ2v) is 3.80. The van der Waals surface area contributed by atoms with Crippen LogP contribution < -0.4 is 5.73 Å². The minimum atomic E-state index is -0.0680. The van der Waals surface area contributed by atoms with Gasteiger partial charge in [-0.3, -0.25) is 4.79 Å². The summed E-state index contributed by atoms with van der Waals surface area (Å²) >= 11 is 0. The summed E-state index contributed by atoms with van der Waals surface area (Å²) in [7, 11) is 0. The van der Waals surface area contributed by atoms with Crippen LogP contribution in [0.1, 0.15) is 39.0 Å². The van der Waals surface area contributed by atoms with Gasteiger partial charge in [0.05, 0.1) is 6.61 Å². The van der Waals surface area contributed by atoms with Crippen LogP contribution in [0.25, 0.3) is 0 Å². The van der Waals surface area contributed by atoms with Gasteiger partial charge in [0.15, 0.2) is 0 Å². The largest absolute Gasteiger partial charge is 0.466 e. The maximum atomic E-state index is 11.2. The van der Waals surface area contributed by atoms with Crippen molar-refractivity contribution in [3.8, 4) is 0 Å². The molecule has 0 aromatic carbocycles. The van der Waals surface area contributed by atoms with E-state index in [1.165, 1.54) is 0 Å². The molecule has 3 nitrogen and oxygen atoms in total. The van der Waals surface area contributed by atoms with Crippen molar-refractivity contribution in [2.75, 3.05) is 6.61 Å². The standard InChI is InChI=1S/C10H19NO2/c1-2-13-10(12)7-8-4-3-5-9(11)6-8/h8-9H,2-7,11H2,1H3. The quantitative estimate of drug-likeness (QED) is 0.677. The van der Waals surface area contributed by atoms with Crippen LogP contribution in [-0.2, 0) is 9.53 Å². The number of carbonyl (C=O) groups is 1. The molecule has 0 aromatic rings. The lowest BCUT2D eigenvalue weighted by Crippen LogP contribution is -2.29. The minimum absolute atomic E-state index is 0.0680. The summed E-state index contributed by atoms with van der Waals surface area (Å²) in [5.41, 5.74) is 5.82. The molecule has 0 saturated heterocycles. The van der Waals surface area contributed by atoms with E-state index in [4.69, 9.17) is 10.5 Å². The zero-order valence-corrected chi connectivity index (χ0v) is 8.29. The zero-order valence-electron chi connectivity index (χ0n) is 8.29. The lowest BCUT2D eigenvalue weighted by Gasteiger charge is -2.25. The van der Waals surface area contributed by atoms with Gasteiger partial charge in [-0.2, -0.15) is 0 Å². The first-order valence-corrected chi connectivity index (χ1v) is 5.13. The topological polar surface area (TPSA) is 52.3 Å². The molecule has 0 radical (unpaired) electrons. The van der Waals surface area contributed by atoms with Crippen LogP contribution in [0.3, 0.4) is 0 Å². The van der Waals surface area contributed by atoms with Gasteiger partial charge in [0, 0.05) is 12.5 Å². The van der Waals surface area contributed by atoms with Gasteiger partial charge < -0.3 is 10.5 Å². The SMILES string of the molecule is CCOC(=O)CC1CCCC(N)C1. The molecule has 3 heteroatoms. The normalized spacial score (nSPS) is 28.5. The highest BCUT2D eigenvalue weighted by molar-refractivity contribution is 5.69. The van der Waals surface area contributed by atoms with Crippen LogP contribution in [0.4, 0.5) is 0 Å². The molecule has 1 aliphatic rings. The first-order chi connectivity index (χ1) is 6.22. The van der Waals surface area contributed by atoms with Crippen molar-refractivity contribution in [3.05, 3.63) is 0 Å². The van der Waals surface area contributed by atoms with E-state index in [-0.39, 0.29) is 5.97 Å². The highest BCUT2D eigenvalue weighted by Gasteiger charge is 2.21. The highest BCUT2D eigenvalue weighted by atomic mass is 16.5. The number of esters is 1. The Labute approximate surface area is 79.6 Å². The van der Waals surface area contributed by atoms with Crippen molar-refractivity contribution in [3.63, 3.8) is 0 Å². The summed E-state index contributed by atoms with van der Waals surface area (Å²) < 4.78 is 4.90. The van der Waals surface area contributed by atoms with E-state index in [1.54, 1.807) is 0 Å². The predicted octanol–water partition coefficient (Wildman–Crippen LogP) is 1.46. The van der Waals surface area contributed by atoms with Crippen LogP contribution >= 0.6 is 0 Å². The van der Waals surface area contributed by atoms with Gasteiger partial charge in [-0.15, -0.1) is 0 Å². The zero-order chi connectivity index (χ0) is 9.68. The molecule has 0 heterocycles. The fourth-order valence-corrected chi connectivity index (χ4v) is 1.97. The Bertz CT molecular complexity index is 170. The average molecular weight is 185 g/mol. The molecule has 76 valence electrons. The monoisotopic (exact) mass is 185 g/mol. The first kappa shape index (κ1) is 10.5. The van der Waals surface area contributed by atoms with Crippen LogP contribution in [0.5, 0.6) is 0 Å². The molecule has 2 unspecified atom stereocenters. The maximum absolute atomic E-state index is 11.2. The summed E-state index contributed by atoms with van der Waals surface area (Å²) in [5.74, 6) is 0.393. The maximum Gasteiger partial charge on any atom is 0.306 e. The Morgan fingerprint density at radius 1 is 1.54 bits per heavy atom. The third-order valence-corrected chi connectivity index (χ3v) is 2.58. The van der Waals surface area contributed by atoms with E-state index < -0.39 is 0 Å². The predicted molar refractivity (Wildman–Crippen MR) is 51.2 cm³/mol. The van der Waals surface area contributed by atoms with E-state index >= 15 is 0 Å². The number of ether oxygens (including phenoxy) is 1. The molecule has 2 atom stereocenters. The fraction of sp³-hybridized carbons (Fsp3) is 0.900. The van der Waals surface area contributed by atoms with Gasteiger partial charge in [0.1, 0.15) is 0 Å². The molecule has 1 aliphatic carbocycles. The smallest absolute Gasteiger partial charge is 0.306 e. The van der Waals surface area contributed by atoms with Crippen LogP contribution in [-0.4, -0.2) is 18.6 Å². The van der Waals surface area contributed by atoms with Gasteiger partial charge in [0.2, 0.25) is 0 Å². The van der Waals surface area contributed by atoms with Crippen LogP contribution in [0.15, 0.2) is 0 Å². The summed E-state index contributed by atoms with van der Waals surface area (Å²) in [6.45, 7) is 2.32. The Balaban J connectivity index is 2.23. The van der Waals surface area contributed by atoms with E-state index in [0.29, 0.717) is 25.0 Å². The molecule has 1 saturated carbocycles. The Kier molecular flexibility index (Phi) is 4.22. The van der Waals surface area contributed by atoms with Crippen molar-refractivity contribution < 1.29 is 9.53 Å². The van der Waals surface area contributed by atoms with Gasteiger partial charge in [-0.25, -0.2) is 0 Å². The minimum Gasteiger partial charge on any atom is -0.466 e. The second kappa shape index (κ2) is 5.22. The molecule has 0 amide bonds. The van der Waals surface area contributed by atoms with Crippen LogP contribution in [0, 0.1) is 5.92 Å². The summed E-state index contributed by atoms with van der Waals surface area (Å²) in [4.78, 5) is 11.2. The van der Waals surface area contributed by atoms with Crippen LogP contribution in [0.2, 0.25) is 0 Å². The van der Waals surface area contributed by atoms with E-state index in [0.717, 1.165) is 25.7 Å². The second-order valence-electron chi connectivity index (χ2n) is 3.80. The fourth-order valence-electron chi connectivity index (χ4n) is 1.97. The highest BCUT2D eigenvalue weighted by Crippen LogP contribution is 2.25. The van der Waals surface area contributed by atoms with E-state index in [9.17, 15) is 4.79 Å². The Morgan fingerprint density at radius 2 is 2.31 bits per heavy atom. The summed E-state index contributed by atoms with van der Waals surface area (Å²) in [5, 5.41) is 0. The molecule has 1 fully saturated rings. The number of carbonyl (C=O) groups excluding carboxylic acids is 1. The average Bonchev–Trinajstić information content (AvgIpc) is 2.04. The van der Waals surface area contributed by atoms with Crippen molar-refractivity contribution >= 4 is 5.97 Å². The third kappa shape index (κ3) is 3.77. The molecule has 0 aliphatic heterocycles. The first-order valence-electron chi connectivity index (χ1n) is 5.13. The lowest BCUT2D eigenvalue weighted by atomic mass is 9.84. The summed E-state index contributed by atoms with van der Waals surface area (Å²) in [6, 6.07) is 0.299. The van der Waals surface area contributed by atoms with Gasteiger partial charge >= 0.3 is 5.97 Å². The molecule has 2 N–H and O–H groups in total. The number of nitrogens with two attached hydrogens (primary N) is 1. The van der Waals surface area contributed by atoms with Crippen molar-refractivity contribution in [1.82, 2.24) is 0 Å². The number of hydrogen-bond donors (Lipinski definition) is 1. The molecular formula is C10H19NO2. The van der Waals surface area contributed by atoms with E-state index in [1.807, 2.05) is 6.92 Å². The number of hydrogen-bond acceptors (Lipinski definition) is 3. The van der Waals surface area contributed by atoms with Crippen molar-refractivity contribution in [2.45, 2.75) is 45.1 Å². The molecule has 0 spiro atoms. The van der Waals surface area contributed by atoms with Gasteiger partial charge in [-0.05, 0) is 32.1 Å². The lowest BCUT2D eigenvalue weighted by molar-refractivity contribution is -0.144. The molecule has 0 bridgehead atoms. The van der Waals surface area contributed by atoms with Crippen molar-refractivity contribution in [2.24, 2.45) is 11.7 Å². The van der Waals surface area contributed by atoms with Gasteiger partial charge in [-0.1, -0.05) is 6.42 Å². The Morgan fingerprint density at radius 3 is 2.92 bits per heavy atom. The summed E-state index contributed by atoms with van der Waals surface area (Å²) in [6.07, 6.45) is 4.94. The van der Waals surface area contributed by atoms with Gasteiger partial charge in [0.25, 0.3) is 0 Å². The molecule has 1 rings (SSSR count). The third-order valence-electron chi connectivity index (χ3n) is 2.58. The Hall–Kier alpha value is -0.570. The van der Waals surface area contributed by atoms with Crippen molar-refractivity contribution in [1.29, 1.82) is 0 Å². The van der Waals surface area contributed by atoms with E-state index in [2.05, 4.69) is 0 Å².